The number of benzene rings is 1. The summed E-state index contributed by atoms with van der Waals surface area (Å²) < 4.78 is 5.92. The van der Waals surface area contributed by atoms with Crippen LogP contribution in [0.3, 0.4) is 0 Å². The van der Waals surface area contributed by atoms with Gasteiger partial charge in [-0.3, -0.25) is 4.79 Å². The Morgan fingerprint density at radius 3 is 2.77 bits per heavy atom. The highest BCUT2D eigenvalue weighted by Gasteiger charge is 2.07. The van der Waals surface area contributed by atoms with Crippen molar-refractivity contribution in [1.82, 2.24) is 15.3 Å². The van der Waals surface area contributed by atoms with Crippen molar-refractivity contribution in [3.63, 3.8) is 0 Å². The van der Waals surface area contributed by atoms with Crippen LogP contribution in [0.25, 0.3) is 0 Å². The summed E-state index contributed by atoms with van der Waals surface area (Å²) >= 11 is 3.46. The van der Waals surface area contributed by atoms with Gasteiger partial charge in [0.15, 0.2) is 0 Å². The molecule has 116 valence electrons. The summed E-state index contributed by atoms with van der Waals surface area (Å²) in [4.78, 5) is 20.1. The lowest BCUT2D eigenvalue weighted by Crippen LogP contribution is -2.27. The maximum atomic E-state index is 11.8. The van der Waals surface area contributed by atoms with Gasteiger partial charge in [0.1, 0.15) is 11.5 Å². The first kappa shape index (κ1) is 16.4. The lowest BCUT2D eigenvalue weighted by atomic mass is 10.2. The van der Waals surface area contributed by atoms with Crippen LogP contribution in [0.15, 0.2) is 35.1 Å². The summed E-state index contributed by atoms with van der Waals surface area (Å²) in [6, 6.07) is 5.89. The average molecular weight is 365 g/mol. The van der Waals surface area contributed by atoms with Gasteiger partial charge in [-0.2, -0.15) is 0 Å². The van der Waals surface area contributed by atoms with Gasteiger partial charge in [0, 0.05) is 23.8 Å². The number of carbonyl (C=O) groups excluding carboxylic acids is 1. The van der Waals surface area contributed by atoms with Gasteiger partial charge in [-0.05, 0) is 30.7 Å². The van der Waals surface area contributed by atoms with E-state index in [0.29, 0.717) is 19.0 Å². The molecule has 1 heterocycles. The van der Waals surface area contributed by atoms with Gasteiger partial charge >= 0.3 is 0 Å². The maximum absolute atomic E-state index is 11.8. The standard InChI is InChI=1S/C15H17BrN4O2/c1-10-7-11(3-4-12(10)16)20-14-9-18-13(8-19-14)15(21)17-5-6-22-2/h3-4,7-9H,5-6H2,1-2H3,(H,17,21)(H,19,20). The average Bonchev–Trinajstić information content (AvgIpc) is 2.52. The molecule has 0 fully saturated rings. The van der Waals surface area contributed by atoms with E-state index in [4.69, 9.17) is 4.74 Å². The Balaban J connectivity index is 1.99. The van der Waals surface area contributed by atoms with Gasteiger partial charge in [-0.1, -0.05) is 15.9 Å². The van der Waals surface area contributed by atoms with Crippen LogP contribution in [0.2, 0.25) is 0 Å². The molecule has 2 N–H and O–H groups in total. The smallest absolute Gasteiger partial charge is 0.271 e. The predicted octanol–water partition coefficient (Wildman–Crippen LogP) is 2.67. The van der Waals surface area contributed by atoms with E-state index in [0.717, 1.165) is 15.7 Å². The van der Waals surface area contributed by atoms with E-state index >= 15 is 0 Å². The molecule has 0 unspecified atom stereocenters. The SMILES string of the molecule is COCCNC(=O)c1cnc(Nc2ccc(Br)c(C)c2)cn1. The first-order valence-electron chi connectivity index (χ1n) is 6.72. The third-order valence-electron chi connectivity index (χ3n) is 2.91. The number of methoxy groups -OCH3 is 1. The Kier molecular flexibility index (Phi) is 5.85. The van der Waals surface area contributed by atoms with E-state index in [-0.39, 0.29) is 11.6 Å². The molecule has 0 aliphatic heterocycles. The van der Waals surface area contributed by atoms with E-state index in [2.05, 4.69) is 36.5 Å². The number of aryl methyl sites for hydroxylation is 1. The highest BCUT2D eigenvalue weighted by molar-refractivity contribution is 9.10. The topological polar surface area (TPSA) is 76.1 Å². The number of rotatable bonds is 6. The first-order valence-corrected chi connectivity index (χ1v) is 7.52. The molecule has 2 aromatic rings. The normalized spacial score (nSPS) is 10.3. The number of ether oxygens (including phenoxy) is 1. The number of halogens is 1. The molecule has 0 spiro atoms. The number of aromatic nitrogens is 2. The zero-order chi connectivity index (χ0) is 15.9. The number of hydrogen-bond acceptors (Lipinski definition) is 5. The van der Waals surface area contributed by atoms with Gasteiger partial charge in [0.2, 0.25) is 0 Å². The molecular formula is C15H17BrN4O2. The van der Waals surface area contributed by atoms with Crippen molar-refractivity contribution in [1.29, 1.82) is 0 Å². The Hall–Kier alpha value is -1.99. The number of anilines is 2. The maximum Gasteiger partial charge on any atom is 0.271 e. The van der Waals surface area contributed by atoms with Crippen molar-refractivity contribution in [2.45, 2.75) is 6.92 Å². The fraction of sp³-hybridized carbons (Fsp3) is 0.267. The molecule has 22 heavy (non-hydrogen) atoms. The second-order valence-corrected chi connectivity index (χ2v) is 5.48. The molecule has 1 amide bonds. The largest absolute Gasteiger partial charge is 0.383 e. The van der Waals surface area contributed by atoms with Crippen molar-refractivity contribution in [3.05, 3.63) is 46.3 Å². The first-order chi connectivity index (χ1) is 10.6. The molecule has 0 radical (unpaired) electrons. The van der Waals surface area contributed by atoms with Crippen molar-refractivity contribution < 1.29 is 9.53 Å². The third kappa shape index (κ3) is 4.51. The molecule has 0 atom stereocenters. The number of hydrogen-bond donors (Lipinski definition) is 2. The minimum atomic E-state index is -0.268. The zero-order valence-corrected chi connectivity index (χ0v) is 14.0. The van der Waals surface area contributed by atoms with Gasteiger partial charge < -0.3 is 15.4 Å². The summed E-state index contributed by atoms with van der Waals surface area (Å²) in [6.07, 6.45) is 2.97. The lowest BCUT2D eigenvalue weighted by Gasteiger charge is -2.08. The number of amides is 1. The second kappa shape index (κ2) is 7.86. The Bertz CT molecular complexity index is 646. The molecule has 6 nitrogen and oxygen atoms in total. The fourth-order valence-corrected chi connectivity index (χ4v) is 1.98. The minimum absolute atomic E-state index is 0.268. The number of nitrogens with zero attached hydrogens (tertiary/aromatic N) is 2. The highest BCUT2D eigenvalue weighted by atomic mass is 79.9. The van der Waals surface area contributed by atoms with Gasteiger partial charge in [0.05, 0.1) is 19.0 Å². The second-order valence-electron chi connectivity index (χ2n) is 4.62. The van der Waals surface area contributed by atoms with Crippen LogP contribution in [0.1, 0.15) is 16.1 Å². The van der Waals surface area contributed by atoms with E-state index < -0.39 is 0 Å². The number of nitrogens with one attached hydrogen (secondary N) is 2. The van der Waals surface area contributed by atoms with Crippen LogP contribution in [0, 0.1) is 6.92 Å². The predicted molar refractivity (Wildman–Crippen MR) is 88.4 cm³/mol. The number of carbonyl (C=O) groups is 1. The van der Waals surface area contributed by atoms with Gasteiger partial charge in [-0.25, -0.2) is 9.97 Å². The summed E-state index contributed by atoms with van der Waals surface area (Å²) in [7, 11) is 1.58. The molecule has 7 heteroatoms. The molecule has 0 saturated carbocycles. The Labute approximate surface area is 137 Å². The van der Waals surface area contributed by atoms with Crippen molar-refractivity contribution in [2.75, 3.05) is 25.6 Å². The lowest BCUT2D eigenvalue weighted by molar-refractivity contribution is 0.0932. The summed E-state index contributed by atoms with van der Waals surface area (Å²) in [5, 5.41) is 5.83. The van der Waals surface area contributed by atoms with Crippen LogP contribution < -0.4 is 10.6 Å². The van der Waals surface area contributed by atoms with E-state index in [1.807, 2.05) is 25.1 Å². The van der Waals surface area contributed by atoms with Crippen LogP contribution in [0.4, 0.5) is 11.5 Å². The van der Waals surface area contributed by atoms with Crippen LogP contribution in [-0.4, -0.2) is 36.1 Å². The summed E-state index contributed by atoms with van der Waals surface area (Å²) in [5.74, 6) is 0.311. The fourth-order valence-electron chi connectivity index (χ4n) is 1.74. The summed E-state index contributed by atoms with van der Waals surface area (Å²) in [6.45, 7) is 2.91. The van der Waals surface area contributed by atoms with E-state index in [9.17, 15) is 4.79 Å². The Morgan fingerprint density at radius 2 is 2.14 bits per heavy atom. The molecule has 1 aromatic carbocycles. The zero-order valence-electron chi connectivity index (χ0n) is 12.4. The monoisotopic (exact) mass is 364 g/mol. The van der Waals surface area contributed by atoms with Crippen molar-refractivity contribution in [2.24, 2.45) is 0 Å². The molecule has 0 aliphatic carbocycles. The molecule has 2 rings (SSSR count). The van der Waals surface area contributed by atoms with Gasteiger partial charge in [-0.15, -0.1) is 0 Å². The molecule has 0 bridgehead atoms. The molecular weight excluding hydrogens is 348 g/mol. The molecule has 1 aromatic heterocycles. The van der Waals surface area contributed by atoms with E-state index in [1.165, 1.54) is 12.4 Å². The molecule has 0 saturated heterocycles. The minimum Gasteiger partial charge on any atom is -0.383 e. The van der Waals surface area contributed by atoms with Crippen molar-refractivity contribution >= 4 is 33.3 Å². The third-order valence-corrected chi connectivity index (χ3v) is 3.80. The summed E-state index contributed by atoms with van der Waals surface area (Å²) in [5.41, 5.74) is 2.30. The van der Waals surface area contributed by atoms with E-state index in [1.54, 1.807) is 7.11 Å². The quantitative estimate of drug-likeness (QED) is 0.770. The highest BCUT2D eigenvalue weighted by Crippen LogP contribution is 2.21. The van der Waals surface area contributed by atoms with Crippen molar-refractivity contribution in [3.8, 4) is 0 Å². The van der Waals surface area contributed by atoms with Crippen LogP contribution >= 0.6 is 15.9 Å². The molecule has 0 aliphatic rings. The van der Waals surface area contributed by atoms with Crippen LogP contribution in [0.5, 0.6) is 0 Å². The Morgan fingerprint density at radius 1 is 1.32 bits per heavy atom. The van der Waals surface area contributed by atoms with Crippen LogP contribution in [-0.2, 0) is 4.74 Å². The van der Waals surface area contributed by atoms with Gasteiger partial charge in [0.25, 0.3) is 5.91 Å².